The Morgan fingerprint density at radius 3 is 2.74 bits per heavy atom. The second-order valence-corrected chi connectivity index (χ2v) is 3.46. The Bertz CT molecular complexity index is 512. The summed E-state index contributed by atoms with van der Waals surface area (Å²) in [5.74, 6) is -0.852. The number of aromatic nitrogens is 1. The minimum atomic E-state index is -2.86. The lowest BCUT2D eigenvalue weighted by Crippen LogP contribution is -2.12. The first kappa shape index (κ1) is 14.8. The highest BCUT2D eigenvalue weighted by atomic mass is 19.3. The van der Waals surface area contributed by atoms with Crippen LogP contribution >= 0.6 is 0 Å². The van der Waals surface area contributed by atoms with Crippen molar-refractivity contribution >= 4 is 5.97 Å². The van der Waals surface area contributed by atoms with E-state index >= 15 is 0 Å². The highest BCUT2D eigenvalue weighted by Gasteiger charge is 2.23. The highest BCUT2D eigenvalue weighted by molar-refractivity contribution is 5.73. The summed E-state index contributed by atoms with van der Waals surface area (Å²) in [5, 5.41) is 8.78. The normalized spacial score (nSPS) is 10.1. The van der Waals surface area contributed by atoms with Crippen LogP contribution in [-0.4, -0.2) is 24.7 Å². The zero-order valence-electron chi connectivity index (χ0n) is 10.4. The van der Waals surface area contributed by atoms with Crippen LogP contribution in [0.15, 0.2) is 6.07 Å². The summed E-state index contributed by atoms with van der Waals surface area (Å²) < 4.78 is 35.5. The van der Waals surface area contributed by atoms with E-state index in [4.69, 9.17) is 10.00 Å². The first-order valence-corrected chi connectivity index (χ1v) is 5.45. The van der Waals surface area contributed by atoms with Crippen molar-refractivity contribution in [2.24, 2.45) is 0 Å². The molecule has 0 amide bonds. The van der Waals surface area contributed by atoms with Gasteiger partial charge in [-0.1, -0.05) is 0 Å². The second-order valence-electron chi connectivity index (χ2n) is 3.46. The number of hydrogen-bond acceptors (Lipinski definition) is 5. The van der Waals surface area contributed by atoms with Gasteiger partial charge in [0.25, 0.3) is 6.43 Å². The number of halogens is 2. The van der Waals surface area contributed by atoms with Crippen LogP contribution in [0.2, 0.25) is 0 Å². The number of carbonyl (C=O) groups excluding carboxylic acids is 1. The Morgan fingerprint density at radius 1 is 1.58 bits per heavy atom. The van der Waals surface area contributed by atoms with Crippen LogP contribution in [0.3, 0.4) is 0 Å². The Kier molecular flexibility index (Phi) is 5.18. The Balaban J connectivity index is 3.26. The molecule has 1 heterocycles. The molecule has 7 heteroatoms. The van der Waals surface area contributed by atoms with E-state index in [2.05, 4.69) is 9.72 Å². The van der Waals surface area contributed by atoms with Gasteiger partial charge in [0.15, 0.2) is 0 Å². The molecule has 0 aliphatic carbocycles. The molecule has 19 heavy (non-hydrogen) atoms. The fourth-order valence-electron chi connectivity index (χ4n) is 1.53. The van der Waals surface area contributed by atoms with Gasteiger partial charge in [0.1, 0.15) is 17.5 Å². The van der Waals surface area contributed by atoms with E-state index in [1.807, 2.05) is 0 Å². The number of pyridine rings is 1. The standard InChI is InChI=1S/C12H12F2N2O3/c1-3-19-10(17)5-8-11(12(13)14)9(18-2)4-7(6-15)16-8/h4,12H,3,5H2,1-2H3. The highest BCUT2D eigenvalue weighted by Crippen LogP contribution is 2.32. The minimum Gasteiger partial charge on any atom is -0.496 e. The lowest BCUT2D eigenvalue weighted by molar-refractivity contribution is -0.142. The summed E-state index contributed by atoms with van der Waals surface area (Å²) in [5.41, 5.74) is -0.792. The van der Waals surface area contributed by atoms with Gasteiger partial charge in [0.2, 0.25) is 0 Å². The molecule has 0 unspecified atom stereocenters. The summed E-state index contributed by atoms with van der Waals surface area (Å²) in [7, 11) is 1.20. The average Bonchev–Trinajstić information content (AvgIpc) is 2.37. The maximum Gasteiger partial charge on any atom is 0.311 e. The van der Waals surface area contributed by atoms with Gasteiger partial charge in [-0.05, 0) is 6.92 Å². The second kappa shape index (κ2) is 6.64. The molecule has 0 fully saturated rings. The molecule has 1 aromatic heterocycles. The molecular weight excluding hydrogens is 258 g/mol. The predicted molar refractivity (Wildman–Crippen MR) is 60.8 cm³/mol. The number of nitrogens with zero attached hydrogens (tertiary/aromatic N) is 2. The Morgan fingerprint density at radius 2 is 2.26 bits per heavy atom. The van der Waals surface area contributed by atoms with E-state index < -0.39 is 24.4 Å². The molecule has 0 atom stereocenters. The van der Waals surface area contributed by atoms with E-state index in [-0.39, 0.29) is 23.7 Å². The van der Waals surface area contributed by atoms with Crippen molar-refractivity contribution in [3.05, 3.63) is 23.0 Å². The van der Waals surface area contributed by atoms with Crippen LogP contribution in [0, 0.1) is 11.3 Å². The summed E-state index contributed by atoms with van der Waals surface area (Å²) in [6.45, 7) is 1.74. The summed E-state index contributed by atoms with van der Waals surface area (Å²) in [6, 6.07) is 2.83. The van der Waals surface area contributed by atoms with Crippen LogP contribution in [0.25, 0.3) is 0 Å². The zero-order valence-corrected chi connectivity index (χ0v) is 10.4. The van der Waals surface area contributed by atoms with E-state index in [0.717, 1.165) is 6.07 Å². The Labute approximate surface area is 108 Å². The molecule has 0 bridgehead atoms. The lowest BCUT2D eigenvalue weighted by atomic mass is 10.1. The maximum atomic E-state index is 13.0. The van der Waals surface area contributed by atoms with E-state index in [0.29, 0.717) is 0 Å². The Hall–Kier alpha value is -2.23. The van der Waals surface area contributed by atoms with Gasteiger partial charge < -0.3 is 9.47 Å². The molecule has 0 aliphatic heterocycles. The predicted octanol–water partition coefficient (Wildman–Crippen LogP) is 2.01. The van der Waals surface area contributed by atoms with E-state index in [1.54, 1.807) is 13.0 Å². The van der Waals surface area contributed by atoms with E-state index in [1.165, 1.54) is 7.11 Å². The minimum absolute atomic E-state index is 0.0967. The quantitative estimate of drug-likeness (QED) is 0.765. The topological polar surface area (TPSA) is 72.2 Å². The number of nitriles is 1. The molecule has 0 N–H and O–H groups in total. The molecular formula is C12H12F2N2O3. The lowest BCUT2D eigenvalue weighted by Gasteiger charge is -2.12. The number of ether oxygens (including phenoxy) is 2. The molecule has 5 nitrogen and oxygen atoms in total. The van der Waals surface area contributed by atoms with Gasteiger partial charge in [0.05, 0.1) is 31.4 Å². The fourth-order valence-corrected chi connectivity index (χ4v) is 1.53. The number of esters is 1. The van der Waals surface area contributed by atoms with Crippen LogP contribution in [0.4, 0.5) is 8.78 Å². The number of alkyl halides is 2. The van der Waals surface area contributed by atoms with Crippen molar-refractivity contribution in [2.75, 3.05) is 13.7 Å². The van der Waals surface area contributed by atoms with Crippen molar-refractivity contribution in [2.45, 2.75) is 19.8 Å². The van der Waals surface area contributed by atoms with Crippen LogP contribution < -0.4 is 4.74 Å². The van der Waals surface area contributed by atoms with Crippen LogP contribution in [0.5, 0.6) is 5.75 Å². The maximum absolute atomic E-state index is 13.0. The molecule has 102 valence electrons. The zero-order chi connectivity index (χ0) is 14.4. The van der Waals surface area contributed by atoms with Crippen molar-refractivity contribution in [1.82, 2.24) is 4.98 Å². The van der Waals surface area contributed by atoms with Crippen molar-refractivity contribution in [1.29, 1.82) is 5.26 Å². The summed E-state index contributed by atoms with van der Waals surface area (Å²) >= 11 is 0. The SMILES string of the molecule is CCOC(=O)Cc1nc(C#N)cc(OC)c1C(F)F. The largest absolute Gasteiger partial charge is 0.496 e. The average molecular weight is 270 g/mol. The van der Waals surface area contributed by atoms with Gasteiger partial charge in [-0.2, -0.15) is 5.26 Å². The van der Waals surface area contributed by atoms with E-state index in [9.17, 15) is 13.6 Å². The third-order valence-corrected chi connectivity index (χ3v) is 2.27. The monoisotopic (exact) mass is 270 g/mol. The van der Waals surface area contributed by atoms with Gasteiger partial charge >= 0.3 is 5.97 Å². The number of methoxy groups -OCH3 is 1. The summed E-state index contributed by atoms with van der Waals surface area (Å²) in [6.07, 6.45) is -3.29. The van der Waals surface area contributed by atoms with Crippen LogP contribution in [0.1, 0.15) is 30.3 Å². The molecule has 0 saturated heterocycles. The van der Waals surface area contributed by atoms with Gasteiger partial charge in [0, 0.05) is 6.07 Å². The third kappa shape index (κ3) is 3.61. The molecule has 0 radical (unpaired) electrons. The first-order valence-electron chi connectivity index (χ1n) is 5.45. The van der Waals surface area contributed by atoms with Gasteiger partial charge in [-0.15, -0.1) is 0 Å². The molecule has 0 aromatic carbocycles. The summed E-state index contributed by atoms with van der Waals surface area (Å²) in [4.78, 5) is 15.1. The smallest absolute Gasteiger partial charge is 0.311 e. The first-order chi connectivity index (χ1) is 9.03. The van der Waals surface area contributed by atoms with Crippen molar-refractivity contribution in [3.8, 4) is 11.8 Å². The fraction of sp³-hybridized carbons (Fsp3) is 0.417. The molecule has 0 aliphatic rings. The van der Waals surface area contributed by atoms with Crippen molar-refractivity contribution in [3.63, 3.8) is 0 Å². The third-order valence-electron chi connectivity index (χ3n) is 2.27. The molecule has 0 spiro atoms. The number of hydrogen-bond donors (Lipinski definition) is 0. The van der Waals surface area contributed by atoms with Gasteiger partial charge in [-0.3, -0.25) is 4.79 Å². The van der Waals surface area contributed by atoms with Crippen molar-refractivity contribution < 1.29 is 23.0 Å². The molecule has 1 aromatic rings. The number of carbonyl (C=O) groups is 1. The number of rotatable bonds is 5. The molecule has 0 saturated carbocycles. The van der Waals surface area contributed by atoms with Gasteiger partial charge in [-0.25, -0.2) is 13.8 Å². The molecule has 1 rings (SSSR count). The van der Waals surface area contributed by atoms with Crippen LogP contribution in [-0.2, 0) is 16.0 Å².